The summed E-state index contributed by atoms with van der Waals surface area (Å²) in [5.41, 5.74) is -2.78. The van der Waals surface area contributed by atoms with E-state index in [-0.39, 0.29) is 12.7 Å². The number of esters is 1. The van der Waals surface area contributed by atoms with Crippen LogP contribution in [0.3, 0.4) is 0 Å². The molecule has 0 N–H and O–H groups in total. The molecule has 1 heterocycles. The smallest absolute Gasteiger partial charge is 0.417 e. The van der Waals surface area contributed by atoms with Crippen molar-refractivity contribution in [2.75, 3.05) is 6.61 Å². The van der Waals surface area contributed by atoms with Gasteiger partial charge in [-0.3, -0.25) is 9.78 Å². The molecular formula is C11H9BrF5NO2. The first-order valence-electron chi connectivity index (χ1n) is 5.37. The number of hydrogen-bond donors (Lipinski definition) is 0. The van der Waals surface area contributed by atoms with E-state index in [1.165, 1.54) is 6.92 Å². The normalized spacial score (nSPS) is 11.8. The van der Waals surface area contributed by atoms with E-state index >= 15 is 0 Å². The molecule has 0 unspecified atom stereocenters. The van der Waals surface area contributed by atoms with Crippen molar-refractivity contribution in [3.63, 3.8) is 0 Å². The molecule has 0 saturated carbocycles. The third-order valence-electron chi connectivity index (χ3n) is 2.19. The predicted octanol–water partition coefficient (Wildman–Crippen LogP) is 3.91. The average molecular weight is 362 g/mol. The first-order valence-corrected chi connectivity index (χ1v) is 6.16. The number of aromatic nitrogens is 1. The van der Waals surface area contributed by atoms with Crippen LogP contribution >= 0.6 is 15.9 Å². The fraction of sp³-hybridized carbons (Fsp3) is 0.455. The van der Waals surface area contributed by atoms with Crippen LogP contribution in [0.5, 0.6) is 0 Å². The molecule has 0 spiro atoms. The second-order valence-electron chi connectivity index (χ2n) is 3.64. The molecule has 0 saturated heterocycles. The van der Waals surface area contributed by atoms with Gasteiger partial charge in [0, 0.05) is 0 Å². The highest BCUT2D eigenvalue weighted by atomic mass is 79.9. The second kappa shape index (κ2) is 6.47. The molecule has 112 valence electrons. The maximum Gasteiger partial charge on any atom is 0.417 e. The molecule has 1 aromatic rings. The molecule has 1 aromatic heterocycles. The van der Waals surface area contributed by atoms with Crippen molar-refractivity contribution in [3.05, 3.63) is 27.5 Å². The van der Waals surface area contributed by atoms with Crippen molar-refractivity contribution in [3.8, 4) is 0 Å². The Balaban J connectivity index is 3.28. The van der Waals surface area contributed by atoms with Crippen LogP contribution in [-0.4, -0.2) is 17.6 Å². The van der Waals surface area contributed by atoms with Crippen molar-refractivity contribution in [2.45, 2.75) is 25.9 Å². The molecule has 0 amide bonds. The summed E-state index contributed by atoms with van der Waals surface area (Å²) in [5.74, 6) is -0.847. The molecule has 20 heavy (non-hydrogen) atoms. The lowest BCUT2D eigenvalue weighted by molar-refractivity contribution is -0.143. The summed E-state index contributed by atoms with van der Waals surface area (Å²) in [4.78, 5) is 14.6. The summed E-state index contributed by atoms with van der Waals surface area (Å²) in [6, 6.07) is 0.253. The number of carbonyl (C=O) groups excluding carboxylic acids is 1. The Morgan fingerprint density at radius 1 is 1.45 bits per heavy atom. The number of ether oxygens (including phenoxy) is 1. The Morgan fingerprint density at radius 3 is 2.50 bits per heavy atom. The monoisotopic (exact) mass is 361 g/mol. The Labute approximate surface area is 119 Å². The maximum atomic E-state index is 12.7. The molecule has 0 aliphatic heterocycles. The first-order chi connectivity index (χ1) is 9.16. The van der Waals surface area contributed by atoms with Crippen LogP contribution in [-0.2, 0) is 22.1 Å². The van der Waals surface area contributed by atoms with Crippen LogP contribution in [0.25, 0.3) is 0 Å². The van der Waals surface area contributed by atoms with Crippen molar-refractivity contribution in [1.29, 1.82) is 0 Å². The summed E-state index contributed by atoms with van der Waals surface area (Å²) in [5, 5.41) is 0. The fourth-order valence-electron chi connectivity index (χ4n) is 1.39. The van der Waals surface area contributed by atoms with E-state index in [0.717, 1.165) is 0 Å². The molecule has 0 fully saturated rings. The van der Waals surface area contributed by atoms with Gasteiger partial charge in [0.15, 0.2) is 0 Å². The van der Waals surface area contributed by atoms with Crippen molar-refractivity contribution < 1.29 is 31.5 Å². The van der Waals surface area contributed by atoms with Crippen molar-refractivity contribution in [1.82, 2.24) is 4.98 Å². The van der Waals surface area contributed by atoms with Gasteiger partial charge >= 0.3 is 12.1 Å². The highest BCUT2D eigenvalue weighted by Gasteiger charge is 2.36. The van der Waals surface area contributed by atoms with E-state index in [2.05, 4.69) is 25.7 Å². The zero-order chi connectivity index (χ0) is 15.5. The van der Waals surface area contributed by atoms with Gasteiger partial charge in [-0.05, 0) is 28.9 Å². The van der Waals surface area contributed by atoms with Gasteiger partial charge in [0.05, 0.1) is 28.8 Å². The van der Waals surface area contributed by atoms with Crippen LogP contribution in [0.1, 0.15) is 30.3 Å². The summed E-state index contributed by atoms with van der Waals surface area (Å²) >= 11 is 2.64. The van der Waals surface area contributed by atoms with Crippen LogP contribution in [0, 0.1) is 0 Å². The van der Waals surface area contributed by atoms with Crippen molar-refractivity contribution >= 4 is 21.9 Å². The molecule has 9 heteroatoms. The molecule has 0 radical (unpaired) electrons. The van der Waals surface area contributed by atoms with Gasteiger partial charge in [-0.1, -0.05) is 0 Å². The number of alkyl halides is 5. The van der Waals surface area contributed by atoms with Crippen LogP contribution in [0.15, 0.2) is 10.5 Å². The lowest BCUT2D eigenvalue weighted by Gasteiger charge is -2.14. The zero-order valence-corrected chi connectivity index (χ0v) is 11.7. The number of pyridine rings is 1. The lowest BCUT2D eigenvalue weighted by atomic mass is 10.1. The third-order valence-corrected chi connectivity index (χ3v) is 3.08. The summed E-state index contributed by atoms with van der Waals surface area (Å²) in [6.07, 6.45) is -8.64. The minimum Gasteiger partial charge on any atom is -0.466 e. The van der Waals surface area contributed by atoms with Gasteiger partial charge in [0.1, 0.15) is 5.69 Å². The maximum absolute atomic E-state index is 12.7. The summed E-state index contributed by atoms with van der Waals surface area (Å²) in [6.45, 7) is 1.54. The minimum absolute atomic E-state index is 0.0249. The van der Waals surface area contributed by atoms with Gasteiger partial charge < -0.3 is 4.74 Å². The standard InChI is InChI=1S/C11H9BrF5NO2/c1-2-20-8(19)4-6-9(12)5(11(15,16)17)3-7(18-6)10(13)14/h3,10H,2,4H2,1H3. The van der Waals surface area contributed by atoms with E-state index in [9.17, 15) is 26.7 Å². The SMILES string of the molecule is CCOC(=O)Cc1nc(C(F)F)cc(C(F)(F)F)c1Br. The highest BCUT2D eigenvalue weighted by Crippen LogP contribution is 2.38. The van der Waals surface area contributed by atoms with E-state index in [0.29, 0.717) is 0 Å². The highest BCUT2D eigenvalue weighted by molar-refractivity contribution is 9.10. The topological polar surface area (TPSA) is 39.2 Å². The number of rotatable bonds is 4. The number of halogens is 6. The quantitative estimate of drug-likeness (QED) is 0.602. The third kappa shape index (κ3) is 4.12. The molecule has 1 rings (SSSR count). The summed E-state index contributed by atoms with van der Waals surface area (Å²) in [7, 11) is 0. The molecular weight excluding hydrogens is 353 g/mol. The average Bonchev–Trinajstić information content (AvgIpc) is 2.30. The Hall–Kier alpha value is -1.25. The van der Waals surface area contributed by atoms with Gasteiger partial charge in [0.25, 0.3) is 6.43 Å². The largest absolute Gasteiger partial charge is 0.466 e. The molecule has 0 aliphatic rings. The minimum atomic E-state index is -4.84. The molecule has 3 nitrogen and oxygen atoms in total. The van der Waals surface area contributed by atoms with Crippen LogP contribution in [0.4, 0.5) is 22.0 Å². The molecule has 0 aromatic carbocycles. The van der Waals surface area contributed by atoms with Gasteiger partial charge in [-0.15, -0.1) is 0 Å². The molecule has 0 aliphatic carbocycles. The van der Waals surface area contributed by atoms with E-state index < -0.39 is 46.4 Å². The van der Waals surface area contributed by atoms with Gasteiger partial charge in [-0.2, -0.15) is 13.2 Å². The first kappa shape index (κ1) is 16.8. The molecule has 0 atom stereocenters. The summed E-state index contributed by atoms with van der Waals surface area (Å²) < 4.78 is 67.4. The van der Waals surface area contributed by atoms with E-state index in [4.69, 9.17) is 0 Å². The zero-order valence-electron chi connectivity index (χ0n) is 10.1. The van der Waals surface area contributed by atoms with Crippen molar-refractivity contribution in [2.24, 2.45) is 0 Å². The second-order valence-corrected chi connectivity index (χ2v) is 4.43. The Morgan fingerprint density at radius 2 is 2.05 bits per heavy atom. The van der Waals surface area contributed by atoms with Gasteiger partial charge in [0.2, 0.25) is 0 Å². The van der Waals surface area contributed by atoms with Gasteiger partial charge in [-0.25, -0.2) is 8.78 Å². The number of nitrogens with zero attached hydrogens (tertiary/aromatic N) is 1. The van der Waals surface area contributed by atoms with E-state index in [1.807, 2.05) is 0 Å². The predicted molar refractivity (Wildman–Crippen MR) is 62.2 cm³/mol. The number of hydrogen-bond acceptors (Lipinski definition) is 3. The number of carbonyl (C=O) groups is 1. The Bertz CT molecular complexity index is 504. The fourth-order valence-corrected chi connectivity index (χ4v) is 1.96. The van der Waals surface area contributed by atoms with Crippen LogP contribution in [0.2, 0.25) is 0 Å². The van der Waals surface area contributed by atoms with E-state index in [1.54, 1.807) is 0 Å². The van der Waals surface area contributed by atoms with Crippen LogP contribution < -0.4 is 0 Å². The molecule has 0 bridgehead atoms. The lowest BCUT2D eigenvalue weighted by Crippen LogP contribution is -2.15. The Kier molecular flexibility index (Phi) is 5.43.